The standard InChI is InChI=1S/C25H36N4O6S/c1-4-21-23-22(12-8-15-34-16-9-13-26-24(23)30)29(27-21)14-5-6-17-35-25(31)19-10-7-11-20(18-19)36(32,33)28(2)3/h7,10-11,18H,4-6,8-9,12-17H2,1-3H3,(H,26,30). The molecule has 0 aliphatic carbocycles. The molecule has 36 heavy (non-hydrogen) atoms. The summed E-state index contributed by atoms with van der Waals surface area (Å²) in [5.74, 6) is -0.647. The van der Waals surface area contributed by atoms with Crippen molar-refractivity contribution in [1.82, 2.24) is 19.4 Å². The smallest absolute Gasteiger partial charge is 0.338 e. The van der Waals surface area contributed by atoms with Gasteiger partial charge in [0, 0.05) is 40.4 Å². The number of hydrogen-bond acceptors (Lipinski definition) is 7. The summed E-state index contributed by atoms with van der Waals surface area (Å²) in [5.41, 5.74) is 2.58. The Balaban J connectivity index is 1.59. The van der Waals surface area contributed by atoms with Crippen molar-refractivity contribution in [3.05, 3.63) is 46.8 Å². The van der Waals surface area contributed by atoms with Gasteiger partial charge >= 0.3 is 5.97 Å². The first-order chi connectivity index (χ1) is 17.3. The number of nitrogens with one attached hydrogen (secondary N) is 1. The molecule has 198 valence electrons. The summed E-state index contributed by atoms with van der Waals surface area (Å²) in [5, 5.41) is 7.68. The predicted molar refractivity (Wildman–Crippen MR) is 135 cm³/mol. The van der Waals surface area contributed by atoms with Crippen molar-refractivity contribution in [2.24, 2.45) is 0 Å². The number of rotatable bonds is 9. The summed E-state index contributed by atoms with van der Waals surface area (Å²) in [7, 11) is -0.758. The lowest BCUT2D eigenvalue weighted by Crippen LogP contribution is -2.26. The first-order valence-electron chi connectivity index (χ1n) is 12.4. The van der Waals surface area contributed by atoms with Gasteiger partial charge in [-0.1, -0.05) is 13.0 Å². The minimum absolute atomic E-state index is 0.0421. The van der Waals surface area contributed by atoms with Gasteiger partial charge in [0.1, 0.15) is 0 Å². The molecule has 1 aliphatic heterocycles. The highest BCUT2D eigenvalue weighted by molar-refractivity contribution is 7.89. The second kappa shape index (κ2) is 13.0. The molecule has 0 fully saturated rings. The molecule has 1 N–H and O–H groups in total. The number of benzene rings is 1. The maximum atomic E-state index is 12.8. The Kier molecular flexibility index (Phi) is 10.0. The second-order valence-electron chi connectivity index (χ2n) is 8.83. The lowest BCUT2D eigenvalue weighted by atomic mass is 10.1. The Morgan fingerprint density at radius 3 is 2.75 bits per heavy atom. The Hall–Kier alpha value is -2.76. The summed E-state index contributed by atoms with van der Waals surface area (Å²) in [6.45, 7) is 4.65. The molecule has 10 nitrogen and oxygen atoms in total. The van der Waals surface area contributed by atoms with Gasteiger partial charge in [-0.25, -0.2) is 17.5 Å². The molecule has 2 heterocycles. The third kappa shape index (κ3) is 6.92. The summed E-state index contributed by atoms with van der Waals surface area (Å²) < 4.78 is 38.6. The highest BCUT2D eigenvalue weighted by Gasteiger charge is 2.23. The number of nitrogens with zero attached hydrogens (tertiary/aromatic N) is 3. The zero-order valence-corrected chi connectivity index (χ0v) is 22.1. The van der Waals surface area contributed by atoms with Crippen LogP contribution in [0.15, 0.2) is 29.2 Å². The molecule has 1 amide bonds. The molecule has 2 aromatic rings. The summed E-state index contributed by atoms with van der Waals surface area (Å²) >= 11 is 0. The minimum Gasteiger partial charge on any atom is -0.462 e. The lowest BCUT2D eigenvalue weighted by molar-refractivity contribution is 0.0496. The number of amides is 1. The molecule has 0 saturated heterocycles. The number of carbonyl (C=O) groups is 2. The van der Waals surface area contributed by atoms with Crippen LogP contribution in [0, 0.1) is 0 Å². The maximum Gasteiger partial charge on any atom is 0.338 e. The van der Waals surface area contributed by atoms with Gasteiger partial charge in [0.15, 0.2) is 0 Å². The van der Waals surface area contributed by atoms with E-state index in [2.05, 4.69) is 5.32 Å². The molecule has 11 heteroatoms. The SMILES string of the molecule is CCc1nn(CCCCOC(=O)c2cccc(S(=O)(=O)N(C)C)c2)c2c1C(=O)NCCCOCCC2. The largest absolute Gasteiger partial charge is 0.462 e. The topological polar surface area (TPSA) is 120 Å². The molecular weight excluding hydrogens is 484 g/mol. The van der Waals surface area contributed by atoms with Crippen molar-refractivity contribution in [3.8, 4) is 0 Å². The zero-order chi connectivity index (χ0) is 26.1. The van der Waals surface area contributed by atoms with E-state index < -0.39 is 16.0 Å². The number of ether oxygens (including phenoxy) is 2. The lowest BCUT2D eigenvalue weighted by Gasteiger charge is -2.12. The molecule has 0 spiro atoms. The van der Waals surface area contributed by atoms with Crippen molar-refractivity contribution in [1.29, 1.82) is 0 Å². The maximum absolute atomic E-state index is 12.8. The van der Waals surface area contributed by atoms with E-state index in [1.165, 1.54) is 38.4 Å². The Bertz CT molecular complexity index is 1160. The number of aromatic nitrogens is 2. The van der Waals surface area contributed by atoms with E-state index >= 15 is 0 Å². The van der Waals surface area contributed by atoms with Crippen molar-refractivity contribution in [3.63, 3.8) is 0 Å². The molecule has 0 radical (unpaired) electrons. The van der Waals surface area contributed by atoms with Gasteiger partial charge < -0.3 is 14.8 Å². The molecule has 1 aliphatic rings. The first-order valence-corrected chi connectivity index (χ1v) is 13.8. The van der Waals surface area contributed by atoms with Crippen LogP contribution in [0.3, 0.4) is 0 Å². The Morgan fingerprint density at radius 2 is 2.00 bits per heavy atom. The fourth-order valence-electron chi connectivity index (χ4n) is 4.01. The number of carbonyl (C=O) groups excluding carboxylic acids is 2. The number of fused-ring (bicyclic) bond motifs is 1. The van der Waals surface area contributed by atoms with E-state index in [1.807, 2.05) is 11.6 Å². The molecule has 0 unspecified atom stereocenters. The van der Waals surface area contributed by atoms with Gasteiger partial charge in [-0.15, -0.1) is 0 Å². The number of esters is 1. The highest BCUT2D eigenvalue weighted by Crippen LogP contribution is 2.19. The van der Waals surface area contributed by atoms with E-state index in [-0.39, 0.29) is 23.0 Å². The van der Waals surface area contributed by atoms with Gasteiger partial charge in [0.2, 0.25) is 10.0 Å². The van der Waals surface area contributed by atoms with E-state index in [0.717, 1.165) is 28.5 Å². The predicted octanol–water partition coefficient (Wildman–Crippen LogP) is 2.42. The fraction of sp³-hybridized carbons (Fsp3) is 0.560. The van der Waals surface area contributed by atoms with Crippen molar-refractivity contribution >= 4 is 21.9 Å². The van der Waals surface area contributed by atoms with Crippen LogP contribution in [-0.4, -0.2) is 74.8 Å². The number of unbranched alkanes of at least 4 members (excludes halogenated alkanes) is 1. The quantitative estimate of drug-likeness (QED) is 0.398. The van der Waals surface area contributed by atoms with Gasteiger partial charge in [-0.2, -0.15) is 5.10 Å². The molecule has 0 atom stereocenters. The highest BCUT2D eigenvalue weighted by atomic mass is 32.2. The van der Waals surface area contributed by atoms with Gasteiger partial charge in [-0.3, -0.25) is 9.48 Å². The van der Waals surface area contributed by atoms with E-state index in [0.29, 0.717) is 57.6 Å². The number of sulfonamides is 1. The van der Waals surface area contributed by atoms with Crippen LogP contribution in [0.4, 0.5) is 0 Å². The van der Waals surface area contributed by atoms with Gasteiger partial charge in [0.25, 0.3) is 5.91 Å². The fourth-order valence-corrected chi connectivity index (χ4v) is 4.96. The summed E-state index contributed by atoms with van der Waals surface area (Å²) in [6.07, 6.45) is 4.28. The third-order valence-corrected chi connectivity index (χ3v) is 7.80. The van der Waals surface area contributed by atoms with E-state index in [1.54, 1.807) is 0 Å². The zero-order valence-electron chi connectivity index (χ0n) is 21.3. The Labute approximate surface area is 213 Å². The average Bonchev–Trinajstić information content (AvgIpc) is 3.20. The Morgan fingerprint density at radius 1 is 1.22 bits per heavy atom. The van der Waals surface area contributed by atoms with Gasteiger partial charge in [0.05, 0.1) is 34.0 Å². The summed E-state index contributed by atoms with van der Waals surface area (Å²) in [4.78, 5) is 25.3. The molecular formula is C25H36N4O6S. The van der Waals surface area contributed by atoms with Crippen LogP contribution in [0.25, 0.3) is 0 Å². The van der Waals surface area contributed by atoms with Crippen LogP contribution >= 0.6 is 0 Å². The van der Waals surface area contributed by atoms with Crippen molar-refractivity contribution in [2.75, 3.05) is 40.5 Å². The molecule has 3 rings (SSSR count). The van der Waals surface area contributed by atoms with Crippen molar-refractivity contribution in [2.45, 2.75) is 56.9 Å². The first kappa shape index (κ1) is 27.8. The van der Waals surface area contributed by atoms with E-state index in [9.17, 15) is 18.0 Å². The normalized spacial score (nSPS) is 15.2. The molecule has 0 saturated carbocycles. The number of aryl methyl sites for hydroxylation is 2. The summed E-state index contributed by atoms with van der Waals surface area (Å²) in [6, 6.07) is 5.83. The molecule has 1 aromatic carbocycles. The monoisotopic (exact) mass is 520 g/mol. The minimum atomic E-state index is -3.64. The molecule has 0 bridgehead atoms. The number of hydrogen-bond donors (Lipinski definition) is 1. The average molecular weight is 521 g/mol. The molecule has 1 aromatic heterocycles. The van der Waals surface area contributed by atoms with Crippen LogP contribution in [0.5, 0.6) is 0 Å². The van der Waals surface area contributed by atoms with Crippen molar-refractivity contribution < 1.29 is 27.5 Å². The van der Waals surface area contributed by atoms with Crippen LogP contribution in [0.1, 0.15) is 64.7 Å². The van der Waals surface area contributed by atoms with E-state index in [4.69, 9.17) is 14.6 Å². The van der Waals surface area contributed by atoms with Gasteiger partial charge in [-0.05, 0) is 56.7 Å². The van der Waals surface area contributed by atoms with Crippen LogP contribution in [-0.2, 0) is 38.9 Å². The second-order valence-corrected chi connectivity index (χ2v) is 11.0. The third-order valence-electron chi connectivity index (χ3n) is 5.99. The van der Waals surface area contributed by atoms with Crippen LogP contribution < -0.4 is 5.32 Å². The van der Waals surface area contributed by atoms with Crippen LogP contribution in [0.2, 0.25) is 0 Å².